The topological polar surface area (TPSA) is 74.7 Å². The highest BCUT2D eigenvalue weighted by Gasteiger charge is 2.42. The van der Waals surface area contributed by atoms with Gasteiger partial charge in [-0.2, -0.15) is 0 Å². The van der Waals surface area contributed by atoms with E-state index in [4.69, 9.17) is 17.0 Å². The van der Waals surface area contributed by atoms with Gasteiger partial charge in [-0.3, -0.25) is 9.78 Å². The largest absolute Gasteiger partial charge is 0.378 e. The molecule has 0 radical (unpaired) electrons. The number of methoxy groups -OCH3 is 1. The maximum atomic E-state index is 12.0. The zero-order valence-corrected chi connectivity index (χ0v) is 24.2. The molecule has 2 aromatic carbocycles. The van der Waals surface area contributed by atoms with Crippen molar-refractivity contribution in [1.82, 2.24) is 14.9 Å². The molecule has 5 rings (SSSR count). The molecule has 1 aliphatic heterocycles. The van der Waals surface area contributed by atoms with Crippen LogP contribution in [0.15, 0.2) is 79.0 Å². The first-order valence-corrected chi connectivity index (χ1v) is 13.6. The van der Waals surface area contributed by atoms with Gasteiger partial charge in [0, 0.05) is 61.5 Å². The molecule has 1 aliphatic rings. The second-order valence-electron chi connectivity index (χ2n) is 10.1. The number of nitrogens with one attached hydrogen (secondary N) is 2. The first kappa shape index (κ1) is 27.4. The van der Waals surface area contributed by atoms with Crippen LogP contribution in [-0.2, 0) is 9.53 Å². The number of aromatic nitrogens is 2. The lowest BCUT2D eigenvalue weighted by Gasteiger charge is -2.28. The van der Waals surface area contributed by atoms with Gasteiger partial charge < -0.3 is 29.7 Å². The molecule has 1 saturated heterocycles. The Morgan fingerprint density at radius 2 is 1.75 bits per heavy atom. The average molecular weight is 555 g/mol. The van der Waals surface area contributed by atoms with Gasteiger partial charge in [-0.15, -0.1) is 0 Å². The summed E-state index contributed by atoms with van der Waals surface area (Å²) in [5.41, 5.74) is 8.24. The molecule has 0 saturated carbocycles. The number of aryl methyl sites for hydroxylation is 1. The van der Waals surface area contributed by atoms with Crippen molar-refractivity contribution in [2.75, 3.05) is 42.9 Å². The lowest BCUT2D eigenvalue weighted by Crippen LogP contribution is -2.29. The Kier molecular flexibility index (Phi) is 7.86. The molecule has 1 amide bonds. The Bertz CT molecular complexity index is 1500. The van der Waals surface area contributed by atoms with Crippen LogP contribution in [-0.4, -0.2) is 48.4 Å². The van der Waals surface area contributed by atoms with Crippen LogP contribution in [0.1, 0.15) is 34.7 Å². The van der Waals surface area contributed by atoms with Crippen molar-refractivity contribution in [3.63, 3.8) is 0 Å². The third-order valence-corrected chi connectivity index (χ3v) is 7.53. The number of carbonyl (C=O) groups is 1. The number of pyridine rings is 1. The molecular weight excluding hydrogens is 520 g/mol. The monoisotopic (exact) mass is 554 g/mol. The Balaban J connectivity index is 1.56. The fourth-order valence-electron chi connectivity index (χ4n) is 5.37. The summed E-state index contributed by atoms with van der Waals surface area (Å²) in [5, 5.41) is 7.01. The molecule has 2 aromatic heterocycles. The first-order chi connectivity index (χ1) is 19.3. The number of hydrogen-bond acceptors (Lipinski definition) is 5. The number of hydrogen-bond donors (Lipinski definition) is 2. The van der Waals surface area contributed by atoms with Crippen molar-refractivity contribution < 1.29 is 9.53 Å². The Labute approximate surface area is 240 Å². The molecular formula is C31H34N6O2S. The summed E-state index contributed by atoms with van der Waals surface area (Å²) in [6, 6.07) is 24.2. The van der Waals surface area contributed by atoms with Crippen molar-refractivity contribution in [3.05, 3.63) is 102 Å². The minimum atomic E-state index is -0.201. The van der Waals surface area contributed by atoms with Crippen molar-refractivity contribution >= 4 is 40.3 Å². The smallest absolute Gasteiger partial charge is 0.250 e. The molecule has 3 heterocycles. The SMILES string of the molecule is COCC(=O)Nc1ccc(N2C(=S)NC(c3ccccn3)C2c2cc(C)n(-c3ccc(N(C)C)cc3)c2C)cc1. The fourth-order valence-corrected chi connectivity index (χ4v) is 5.71. The van der Waals surface area contributed by atoms with Crippen LogP contribution in [0.4, 0.5) is 17.1 Å². The number of amides is 1. The number of carbonyl (C=O) groups excluding carboxylic acids is 1. The van der Waals surface area contributed by atoms with E-state index in [1.165, 1.54) is 7.11 Å². The minimum absolute atomic E-state index is 0.00318. The molecule has 1 fully saturated rings. The summed E-state index contributed by atoms with van der Waals surface area (Å²) in [5.74, 6) is -0.201. The van der Waals surface area contributed by atoms with Gasteiger partial charge in [-0.05, 0) is 98.4 Å². The van der Waals surface area contributed by atoms with E-state index in [-0.39, 0.29) is 24.6 Å². The summed E-state index contributed by atoms with van der Waals surface area (Å²) in [4.78, 5) is 20.9. The van der Waals surface area contributed by atoms with Gasteiger partial charge in [0.15, 0.2) is 5.11 Å². The zero-order chi connectivity index (χ0) is 28.4. The summed E-state index contributed by atoms with van der Waals surface area (Å²) < 4.78 is 7.22. The number of anilines is 3. The Hall–Kier alpha value is -4.21. The van der Waals surface area contributed by atoms with Crippen LogP contribution in [0, 0.1) is 13.8 Å². The molecule has 8 nitrogen and oxygen atoms in total. The lowest BCUT2D eigenvalue weighted by atomic mass is 9.96. The van der Waals surface area contributed by atoms with Gasteiger partial charge in [0.25, 0.3) is 0 Å². The van der Waals surface area contributed by atoms with Gasteiger partial charge in [-0.25, -0.2) is 0 Å². The number of benzene rings is 2. The number of thiocarbonyl (C=S) groups is 1. The van der Waals surface area contributed by atoms with Crippen LogP contribution in [0.3, 0.4) is 0 Å². The highest BCUT2D eigenvalue weighted by atomic mass is 32.1. The minimum Gasteiger partial charge on any atom is -0.378 e. The van der Waals surface area contributed by atoms with Crippen LogP contribution < -0.4 is 20.4 Å². The fraction of sp³-hybridized carbons (Fsp3) is 0.258. The first-order valence-electron chi connectivity index (χ1n) is 13.1. The van der Waals surface area contributed by atoms with Crippen molar-refractivity contribution in [3.8, 4) is 5.69 Å². The summed E-state index contributed by atoms with van der Waals surface area (Å²) in [6.07, 6.45) is 1.81. The van der Waals surface area contributed by atoms with Crippen LogP contribution in [0.5, 0.6) is 0 Å². The standard InChI is InChI=1S/C31H34N6O2S/c1-20-18-26(21(2)36(20)24-15-13-23(14-16-24)35(3)4)30-29(27-8-6-7-17-32-27)34-31(40)37(30)25-11-9-22(10-12-25)33-28(38)19-39-5/h6-18,29-30H,19H2,1-5H3,(H,33,38)(H,34,40). The quantitative estimate of drug-likeness (QED) is 0.286. The number of nitrogens with zero attached hydrogens (tertiary/aromatic N) is 4. The van der Waals surface area contributed by atoms with Crippen molar-refractivity contribution in [2.45, 2.75) is 25.9 Å². The van der Waals surface area contributed by atoms with E-state index in [0.29, 0.717) is 10.8 Å². The van der Waals surface area contributed by atoms with E-state index in [1.54, 1.807) is 0 Å². The predicted octanol–water partition coefficient (Wildman–Crippen LogP) is 5.32. The Morgan fingerprint density at radius 3 is 2.38 bits per heavy atom. The second kappa shape index (κ2) is 11.5. The Morgan fingerprint density at radius 1 is 1.05 bits per heavy atom. The molecule has 0 aliphatic carbocycles. The molecule has 2 atom stereocenters. The molecule has 9 heteroatoms. The van der Waals surface area contributed by atoms with Gasteiger partial charge in [0.2, 0.25) is 5.91 Å². The molecule has 0 spiro atoms. The molecule has 2 N–H and O–H groups in total. The molecule has 0 bridgehead atoms. The van der Waals surface area contributed by atoms with Gasteiger partial charge in [0.1, 0.15) is 6.61 Å². The summed E-state index contributed by atoms with van der Waals surface area (Å²) in [6.45, 7) is 4.30. The average Bonchev–Trinajstić information content (AvgIpc) is 3.44. The van der Waals surface area contributed by atoms with Gasteiger partial charge >= 0.3 is 0 Å². The lowest BCUT2D eigenvalue weighted by molar-refractivity contribution is -0.119. The normalized spacial score (nSPS) is 16.6. The maximum absolute atomic E-state index is 12.0. The van der Waals surface area contributed by atoms with E-state index in [1.807, 2.05) is 62.8 Å². The van der Waals surface area contributed by atoms with E-state index < -0.39 is 0 Å². The van der Waals surface area contributed by atoms with Crippen molar-refractivity contribution in [1.29, 1.82) is 0 Å². The highest BCUT2D eigenvalue weighted by molar-refractivity contribution is 7.80. The van der Waals surface area contributed by atoms with Gasteiger partial charge in [0.05, 0.1) is 17.8 Å². The summed E-state index contributed by atoms with van der Waals surface area (Å²) >= 11 is 5.92. The molecule has 2 unspecified atom stereocenters. The van der Waals surface area contributed by atoms with Gasteiger partial charge in [-0.1, -0.05) is 6.07 Å². The molecule has 40 heavy (non-hydrogen) atoms. The predicted molar refractivity (Wildman–Crippen MR) is 164 cm³/mol. The van der Waals surface area contributed by atoms with Crippen LogP contribution >= 0.6 is 12.2 Å². The van der Waals surface area contributed by atoms with E-state index in [9.17, 15) is 4.79 Å². The zero-order valence-electron chi connectivity index (χ0n) is 23.4. The van der Waals surface area contributed by atoms with E-state index in [0.717, 1.165) is 39.7 Å². The van der Waals surface area contributed by atoms with E-state index >= 15 is 0 Å². The molecule has 206 valence electrons. The van der Waals surface area contributed by atoms with Crippen molar-refractivity contribution in [2.24, 2.45) is 0 Å². The molecule has 4 aromatic rings. The number of rotatable bonds is 8. The second-order valence-corrected chi connectivity index (χ2v) is 10.5. The summed E-state index contributed by atoms with van der Waals surface area (Å²) in [7, 11) is 5.58. The van der Waals surface area contributed by atoms with Crippen LogP contribution in [0.25, 0.3) is 5.69 Å². The number of ether oxygens (including phenoxy) is 1. The third-order valence-electron chi connectivity index (χ3n) is 7.22. The maximum Gasteiger partial charge on any atom is 0.250 e. The van der Waals surface area contributed by atoms with E-state index in [2.05, 4.69) is 74.2 Å². The highest BCUT2D eigenvalue weighted by Crippen LogP contribution is 2.44. The third kappa shape index (κ3) is 5.30. The van der Waals surface area contributed by atoms with Crippen LogP contribution in [0.2, 0.25) is 0 Å².